The van der Waals surface area contributed by atoms with Crippen molar-refractivity contribution in [1.29, 1.82) is 0 Å². The number of aliphatic hydroxyl groups is 1. The maximum absolute atomic E-state index is 12.9. The van der Waals surface area contributed by atoms with Gasteiger partial charge in [0.15, 0.2) is 0 Å². The molecular weight excluding hydrogens is 330 g/mol. The molecule has 0 saturated carbocycles. The quantitative estimate of drug-likeness (QED) is 0.753. The number of benzene rings is 1. The monoisotopic (exact) mass is 353 g/mol. The summed E-state index contributed by atoms with van der Waals surface area (Å²) in [6.07, 6.45) is 1.24. The summed E-state index contributed by atoms with van der Waals surface area (Å²) in [5.41, 5.74) is 3.40. The van der Waals surface area contributed by atoms with E-state index in [1.165, 1.54) is 0 Å². The van der Waals surface area contributed by atoms with Gasteiger partial charge in [-0.2, -0.15) is 10.2 Å². The fraction of sp³-hybridized carbons (Fsp3) is 0.421. The van der Waals surface area contributed by atoms with E-state index >= 15 is 0 Å². The van der Waals surface area contributed by atoms with Crippen molar-refractivity contribution in [3.05, 3.63) is 47.4 Å². The number of hydrogen-bond acceptors (Lipinski definition) is 4. The predicted molar refractivity (Wildman–Crippen MR) is 97.3 cm³/mol. The van der Waals surface area contributed by atoms with Gasteiger partial charge < -0.3 is 10.0 Å². The van der Waals surface area contributed by atoms with Gasteiger partial charge in [0, 0.05) is 18.5 Å². The zero-order valence-corrected chi connectivity index (χ0v) is 14.9. The fourth-order valence-corrected chi connectivity index (χ4v) is 3.48. The first-order valence-electron chi connectivity index (χ1n) is 9.10. The Morgan fingerprint density at radius 3 is 3.04 bits per heavy atom. The Balaban J connectivity index is 1.52. The van der Waals surface area contributed by atoms with Crippen LogP contribution in [0.15, 0.2) is 30.3 Å². The van der Waals surface area contributed by atoms with E-state index in [2.05, 4.69) is 15.3 Å². The first-order chi connectivity index (χ1) is 12.7. The zero-order chi connectivity index (χ0) is 18.1. The number of carbonyl (C=O) groups is 1. The van der Waals surface area contributed by atoms with Crippen LogP contribution in [0.4, 0.5) is 0 Å². The summed E-state index contributed by atoms with van der Waals surface area (Å²) in [4.78, 5) is 14.7. The maximum Gasteiger partial charge on any atom is 0.228 e. The molecule has 0 unspecified atom stereocenters. The lowest BCUT2D eigenvalue weighted by atomic mass is 10.1. The third-order valence-corrected chi connectivity index (χ3v) is 4.98. The lowest BCUT2D eigenvalue weighted by Crippen LogP contribution is -2.32. The second-order valence-electron chi connectivity index (χ2n) is 6.77. The van der Waals surface area contributed by atoms with Crippen LogP contribution in [0.2, 0.25) is 0 Å². The molecule has 0 radical (unpaired) electrons. The molecule has 0 fully saturated rings. The van der Waals surface area contributed by atoms with E-state index in [1.807, 2.05) is 46.8 Å². The Bertz CT molecular complexity index is 929. The highest BCUT2D eigenvalue weighted by Gasteiger charge is 2.23. The van der Waals surface area contributed by atoms with Gasteiger partial charge in [0.25, 0.3) is 0 Å². The number of hydrogen-bond donors (Lipinski definition) is 2. The van der Waals surface area contributed by atoms with Gasteiger partial charge in [-0.25, -0.2) is 0 Å². The summed E-state index contributed by atoms with van der Waals surface area (Å²) in [7, 11) is 0. The number of nitrogens with one attached hydrogen (secondary N) is 1. The number of aryl methyl sites for hydroxylation is 1. The van der Waals surface area contributed by atoms with Gasteiger partial charge in [0.05, 0.1) is 41.7 Å². The molecule has 26 heavy (non-hydrogen) atoms. The van der Waals surface area contributed by atoms with Crippen LogP contribution in [-0.4, -0.2) is 42.4 Å². The Hall–Kier alpha value is -2.67. The smallest absolute Gasteiger partial charge is 0.228 e. The third-order valence-electron chi connectivity index (χ3n) is 4.98. The van der Waals surface area contributed by atoms with E-state index in [0.29, 0.717) is 31.6 Å². The molecule has 4 rings (SSSR count). The molecule has 1 aromatic carbocycles. The minimum absolute atomic E-state index is 0.0756. The summed E-state index contributed by atoms with van der Waals surface area (Å²) in [5.74, 6) is 0.0756. The van der Waals surface area contributed by atoms with Crippen molar-refractivity contribution < 1.29 is 9.90 Å². The number of rotatable bonds is 4. The highest BCUT2D eigenvalue weighted by Crippen LogP contribution is 2.21. The fourth-order valence-electron chi connectivity index (χ4n) is 3.48. The molecule has 0 saturated heterocycles. The van der Waals surface area contributed by atoms with Crippen LogP contribution in [-0.2, 0) is 24.3 Å². The van der Waals surface area contributed by atoms with Crippen molar-refractivity contribution >= 4 is 16.8 Å². The summed E-state index contributed by atoms with van der Waals surface area (Å²) >= 11 is 0. The van der Waals surface area contributed by atoms with Crippen molar-refractivity contribution in [2.45, 2.75) is 45.4 Å². The number of fused-ring (bicyclic) bond motifs is 2. The van der Waals surface area contributed by atoms with E-state index < -0.39 is 6.10 Å². The maximum atomic E-state index is 12.9. The van der Waals surface area contributed by atoms with Crippen molar-refractivity contribution in [3.63, 3.8) is 0 Å². The van der Waals surface area contributed by atoms with Crippen LogP contribution >= 0.6 is 0 Å². The molecule has 3 heterocycles. The molecule has 0 spiro atoms. The molecule has 1 atom stereocenters. The minimum atomic E-state index is -0.546. The zero-order valence-electron chi connectivity index (χ0n) is 14.9. The second-order valence-corrected chi connectivity index (χ2v) is 6.77. The molecular formula is C19H23N5O2. The molecule has 7 heteroatoms. The van der Waals surface area contributed by atoms with E-state index in [4.69, 9.17) is 0 Å². The average Bonchev–Trinajstić information content (AvgIpc) is 3.19. The second kappa shape index (κ2) is 6.92. The van der Waals surface area contributed by atoms with Crippen LogP contribution in [0.1, 0.15) is 43.0 Å². The number of carbonyl (C=O) groups excluding carboxylic acids is 1. The van der Waals surface area contributed by atoms with Crippen molar-refractivity contribution in [2.75, 3.05) is 6.54 Å². The van der Waals surface area contributed by atoms with Gasteiger partial charge in [0.1, 0.15) is 0 Å². The van der Waals surface area contributed by atoms with Crippen LogP contribution < -0.4 is 0 Å². The standard InChI is InChI=1S/C19H23N5O2/c1-2-18(25)17-10-13-12-23(8-5-9-24(13)22-17)19(26)11-16-14-6-3-4-7-15(14)20-21-16/h3-4,6-7,10,18,25H,2,5,8-9,11-12H2,1H3,(H,20,21)/t18-/m1/s1. The normalized spacial score (nSPS) is 15.7. The van der Waals surface area contributed by atoms with Gasteiger partial charge in [-0.05, 0) is 25.0 Å². The predicted octanol–water partition coefficient (Wildman–Crippen LogP) is 2.18. The summed E-state index contributed by atoms with van der Waals surface area (Å²) in [6.45, 7) is 3.93. The van der Waals surface area contributed by atoms with Gasteiger partial charge in [-0.1, -0.05) is 25.1 Å². The molecule has 2 N–H and O–H groups in total. The Morgan fingerprint density at radius 1 is 1.35 bits per heavy atom. The van der Waals surface area contributed by atoms with Crippen LogP contribution in [0.3, 0.4) is 0 Å². The first-order valence-corrected chi connectivity index (χ1v) is 9.10. The summed E-state index contributed by atoms with van der Waals surface area (Å²) in [6, 6.07) is 9.73. The number of aromatic nitrogens is 4. The molecule has 2 aromatic heterocycles. The lowest BCUT2D eigenvalue weighted by molar-refractivity contribution is -0.131. The summed E-state index contributed by atoms with van der Waals surface area (Å²) < 4.78 is 1.92. The molecule has 136 valence electrons. The van der Waals surface area contributed by atoms with Gasteiger partial charge in [0.2, 0.25) is 5.91 Å². The summed E-state index contributed by atoms with van der Waals surface area (Å²) in [5, 5.41) is 22.8. The highest BCUT2D eigenvalue weighted by atomic mass is 16.3. The Kier molecular flexibility index (Phi) is 4.46. The number of aliphatic hydroxyl groups excluding tert-OH is 1. The minimum Gasteiger partial charge on any atom is -0.387 e. The van der Waals surface area contributed by atoms with Crippen LogP contribution in [0, 0.1) is 0 Å². The van der Waals surface area contributed by atoms with E-state index in [9.17, 15) is 9.90 Å². The molecule has 0 bridgehead atoms. The molecule has 0 aliphatic carbocycles. The highest BCUT2D eigenvalue weighted by molar-refractivity contribution is 5.87. The Morgan fingerprint density at radius 2 is 2.19 bits per heavy atom. The number of nitrogens with zero attached hydrogens (tertiary/aromatic N) is 4. The molecule has 1 aliphatic heterocycles. The SMILES string of the molecule is CC[C@@H](O)c1cc2n(n1)CCCN(C(=O)Cc1[nH]nc3ccccc13)C2. The van der Waals surface area contributed by atoms with E-state index in [-0.39, 0.29) is 5.91 Å². The Labute approximate surface area is 151 Å². The van der Waals surface area contributed by atoms with E-state index in [1.54, 1.807) is 0 Å². The molecule has 7 nitrogen and oxygen atoms in total. The van der Waals surface area contributed by atoms with Crippen LogP contribution in [0.5, 0.6) is 0 Å². The average molecular weight is 353 g/mol. The van der Waals surface area contributed by atoms with Crippen molar-refractivity contribution in [2.24, 2.45) is 0 Å². The van der Waals surface area contributed by atoms with Gasteiger partial charge in [-0.3, -0.25) is 14.6 Å². The van der Waals surface area contributed by atoms with E-state index in [0.717, 1.165) is 35.3 Å². The number of H-pyrrole nitrogens is 1. The largest absolute Gasteiger partial charge is 0.387 e. The first kappa shape index (κ1) is 16.8. The molecule has 3 aromatic rings. The number of para-hydroxylation sites is 1. The van der Waals surface area contributed by atoms with Crippen LogP contribution in [0.25, 0.3) is 10.9 Å². The lowest BCUT2D eigenvalue weighted by Gasteiger charge is -2.19. The van der Waals surface area contributed by atoms with Crippen molar-refractivity contribution in [3.8, 4) is 0 Å². The van der Waals surface area contributed by atoms with Gasteiger partial charge in [-0.15, -0.1) is 0 Å². The number of amides is 1. The molecule has 1 aliphatic rings. The van der Waals surface area contributed by atoms with Crippen molar-refractivity contribution in [1.82, 2.24) is 24.9 Å². The van der Waals surface area contributed by atoms with Gasteiger partial charge >= 0.3 is 0 Å². The molecule has 1 amide bonds. The topological polar surface area (TPSA) is 87.0 Å². The number of aromatic amines is 1. The third kappa shape index (κ3) is 3.10.